The summed E-state index contributed by atoms with van der Waals surface area (Å²) < 4.78 is 6.54. The molecular weight excluding hydrogens is 308 g/mol. The average molecular weight is 319 g/mol. The highest BCUT2D eigenvalue weighted by Gasteiger charge is 2.11. The maximum atomic E-state index is 11.8. The summed E-state index contributed by atoms with van der Waals surface area (Å²) >= 11 is 5.85. The second-order valence-corrected chi connectivity index (χ2v) is 4.91. The molecule has 3 rings (SSSR count). The molecule has 0 saturated carbocycles. The molecule has 2 heterocycles. The number of carbonyl (C=O) groups is 1. The molecule has 0 atom stereocenters. The Balaban J connectivity index is 1.71. The van der Waals surface area contributed by atoms with Crippen LogP contribution in [0.4, 0.5) is 0 Å². The van der Waals surface area contributed by atoms with Gasteiger partial charge >= 0.3 is 5.76 Å². The van der Waals surface area contributed by atoms with Crippen molar-refractivity contribution >= 4 is 28.6 Å². The number of benzene rings is 1. The first kappa shape index (κ1) is 14.3. The van der Waals surface area contributed by atoms with Crippen LogP contribution in [0.1, 0.15) is 10.5 Å². The van der Waals surface area contributed by atoms with Crippen LogP contribution in [0.25, 0.3) is 11.1 Å². The van der Waals surface area contributed by atoms with E-state index in [0.29, 0.717) is 16.1 Å². The van der Waals surface area contributed by atoms with Gasteiger partial charge in [0.1, 0.15) is 5.69 Å². The lowest BCUT2D eigenvalue weighted by Gasteiger charge is -2.05. The maximum absolute atomic E-state index is 11.8. The van der Waals surface area contributed by atoms with E-state index < -0.39 is 5.76 Å². The van der Waals surface area contributed by atoms with Crippen molar-refractivity contribution in [1.82, 2.24) is 19.9 Å². The van der Waals surface area contributed by atoms with Crippen molar-refractivity contribution in [3.05, 3.63) is 58.1 Å². The lowest BCUT2D eigenvalue weighted by Crippen LogP contribution is -2.30. The topological polar surface area (TPSA) is 90.0 Å². The minimum Gasteiger partial charge on any atom is -0.408 e. The second kappa shape index (κ2) is 5.98. The largest absolute Gasteiger partial charge is 0.420 e. The van der Waals surface area contributed by atoms with Crippen LogP contribution in [-0.2, 0) is 6.54 Å². The number of aromatic nitrogens is 3. The van der Waals surface area contributed by atoms with Gasteiger partial charge in [-0.2, -0.15) is 0 Å². The number of fused-ring (bicyclic) bond motifs is 1. The van der Waals surface area contributed by atoms with E-state index in [2.05, 4.69) is 15.3 Å². The molecule has 1 amide bonds. The summed E-state index contributed by atoms with van der Waals surface area (Å²) in [7, 11) is 0. The van der Waals surface area contributed by atoms with Crippen LogP contribution < -0.4 is 11.1 Å². The Morgan fingerprint density at radius 2 is 2.23 bits per heavy atom. The van der Waals surface area contributed by atoms with Gasteiger partial charge in [0.25, 0.3) is 5.91 Å². The summed E-state index contributed by atoms with van der Waals surface area (Å²) in [6, 6.07) is 4.95. The third-order valence-electron chi connectivity index (χ3n) is 3.05. The first-order valence-corrected chi connectivity index (χ1v) is 6.86. The number of carbonyl (C=O) groups excluding carboxylic acids is 1. The van der Waals surface area contributed by atoms with E-state index in [1.54, 1.807) is 18.2 Å². The molecule has 0 aliphatic carbocycles. The summed E-state index contributed by atoms with van der Waals surface area (Å²) in [6.45, 7) is 0.534. The predicted octanol–water partition coefficient (Wildman–Crippen LogP) is 1.47. The molecular formula is C14H11ClN4O3. The Morgan fingerprint density at radius 3 is 3.00 bits per heavy atom. The molecule has 0 aliphatic rings. The van der Waals surface area contributed by atoms with E-state index in [-0.39, 0.29) is 24.7 Å². The summed E-state index contributed by atoms with van der Waals surface area (Å²) in [5, 5.41) is 3.16. The number of halogens is 1. The van der Waals surface area contributed by atoms with Crippen molar-refractivity contribution in [2.45, 2.75) is 6.54 Å². The summed E-state index contributed by atoms with van der Waals surface area (Å²) in [5.41, 5.74) is 1.26. The Bertz CT molecular complexity index is 873. The molecule has 1 N–H and O–H groups in total. The molecule has 7 nitrogen and oxygen atoms in total. The third-order valence-corrected chi connectivity index (χ3v) is 3.28. The number of hydrogen-bond acceptors (Lipinski definition) is 5. The quantitative estimate of drug-likeness (QED) is 0.786. The van der Waals surface area contributed by atoms with Crippen LogP contribution in [0.3, 0.4) is 0 Å². The van der Waals surface area contributed by atoms with Crippen LogP contribution in [0.15, 0.2) is 46.0 Å². The zero-order valence-electron chi connectivity index (χ0n) is 11.3. The monoisotopic (exact) mass is 318 g/mol. The molecule has 3 aromatic rings. The van der Waals surface area contributed by atoms with Crippen molar-refractivity contribution in [3.8, 4) is 0 Å². The van der Waals surface area contributed by atoms with Gasteiger partial charge in [-0.3, -0.25) is 14.3 Å². The number of nitrogens with one attached hydrogen (secondary N) is 1. The van der Waals surface area contributed by atoms with Crippen molar-refractivity contribution in [1.29, 1.82) is 0 Å². The van der Waals surface area contributed by atoms with Crippen LogP contribution >= 0.6 is 11.6 Å². The van der Waals surface area contributed by atoms with Gasteiger partial charge in [0.2, 0.25) is 0 Å². The van der Waals surface area contributed by atoms with E-state index in [1.165, 1.54) is 23.2 Å². The minimum absolute atomic E-state index is 0.221. The molecule has 0 aliphatic heterocycles. The average Bonchev–Trinajstić information content (AvgIpc) is 2.83. The molecule has 112 valence electrons. The number of hydrogen-bond donors (Lipinski definition) is 1. The molecule has 0 radical (unpaired) electrons. The Hall–Kier alpha value is -2.67. The van der Waals surface area contributed by atoms with E-state index in [9.17, 15) is 9.59 Å². The van der Waals surface area contributed by atoms with Crippen LogP contribution in [0.2, 0.25) is 5.02 Å². The van der Waals surface area contributed by atoms with E-state index >= 15 is 0 Å². The van der Waals surface area contributed by atoms with E-state index in [0.717, 1.165) is 0 Å². The summed E-state index contributed by atoms with van der Waals surface area (Å²) in [5.74, 6) is -0.844. The van der Waals surface area contributed by atoms with Gasteiger partial charge in [-0.05, 0) is 12.1 Å². The molecule has 1 aromatic carbocycles. The molecule has 22 heavy (non-hydrogen) atoms. The molecule has 0 spiro atoms. The van der Waals surface area contributed by atoms with Gasteiger partial charge in [-0.25, -0.2) is 9.78 Å². The van der Waals surface area contributed by atoms with Gasteiger partial charge in [0.15, 0.2) is 5.58 Å². The number of amides is 1. The zero-order valence-corrected chi connectivity index (χ0v) is 12.1. The minimum atomic E-state index is -0.494. The molecule has 8 heteroatoms. The van der Waals surface area contributed by atoms with Gasteiger partial charge in [0.05, 0.1) is 11.7 Å². The van der Waals surface area contributed by atoms with Gasteiger partial charge < -0.3 is 9.73 Å². The molecule has 0 fully saturated rings. The van der Waals surface area contributed by atoms with E-state index in [4.69, 9.17) is 16.0 Å². The Morgan fingerprint density at radius 1 is 1.36 bits per heavy atom. The molecule has 0 bridgehead atoms. The SMILES string of the molecule is O=C(NCCn1c(=O)oc2cc(Cl)ccc21)c1cnccn1. The lowest BCUT2D eigenvalue weighted by atomic mass is 10.3. The fraction of sp³-hybridized carbons (Fsp3) is 0.143. The highest BCUT2D eigenvalue weighted by atomic mass is 35.5. The standard InChI is InChI=1S/C14H11ClN4O3/c15-9-1-2-11-12(7-9)22-14(21)19(11)6-5-18-13(20)10-8-16-3-4-17-10/h1-4,7-8H,5-6H2,(H,18,20). The fourth-order valence-electron chi connectivity index (χ4n) is 2.04. The number of nitrogens with zero attached hydrogens (tertiary/aromatic N) is 3. The lowest BCUT2D eigenvalue weighted by molar-refractivity contribution is 0.0946. The smallest absolute Gasteiger partial charge is 0.408 e. The first-order chi connectivity index (χ1) is 10.6. The highest BCUT2D eigenvalue weighted by molar-refractivity contribution is 6.31. The third kappa shape index (κ3) is 2.84. The van der Waals surface area contributed by atoms with Gasteiger partial charge in [-0.1, -0.05) is 11.6 Å². The summed E-state index contributed by atoms with van der Waals surface area (Å²) in [4.78, 5) is 31.4. The van der Waals surface area contributed by atoms with Crippen LogP contribution in [0, 0.1) is 0 Å². The normalized spacial score (nSPS) is 10.8. The number of rotatable bonds is 4. The fourth-order valence-corrected chi connectivity index (χ4v) is 2.20. The Kier molecular flexibility index (Phi) is 3.88. The van der Waals surface area contributed by atoms with Crippen molar-refractivity contribution in [3.63, 3.8) is 0 Å². The van der Waals surface area contributed by atoms with E-state index in [1.807, 2.05) is 0 Å². The predicted molar refractivity (Wildman–Crippen MR) is 79.8 cm³/mol. The summed E-state index contributed by atoms with van der Waals surface area (Å²) in [6.07, 6.45) is 4.29. The molecule has 0 unspecified atom stereocenters. The molecule has 2 aromatic heterocycles. The highest BCUT2D eigenvalue weighted by Crippen LogP contribution is 2.18. The molecule has 0 saturated heterocycles. The van der Waals surface area contributed by atoms with Crippen molar-refractivity contribution < 1.29 is 9.21 Å². The maximum Gasteiger partial charge on any atom is 0.420 e. The zero-order chi connectivity index (χ0) is 15.5. The Labute approximate surface area is 129 Å². The van der Waals surface area contributed by atoms with Crippen molar-refractivity contribution in [2.75, 3.05) is 6.54 Å². The van der Waals surface area contributed by atoms with Gasteiger partial charge in [0, 0.05) is 36.6 Å². The first-order valence-electron chi connectivity index (χ1n) is 6.48. The van der Waals surface area contributed by atoms with Gasteiger partial charge in [-0.15, -0.1) is 0 Å². The van der Waals surface area contributed by atoms with Crippen molar-refractivity contribution in [2.24, 2.45) is 0 Å². The van der Waals surface area contributed by atoms with Crippen LogP contribution in [-0.4, -0.2) is 27.0 Å². The number of oxazole rings is 1. The second-order valence-electron chi connectivity index (χ2n) is 4.48. The van der Waals surface area contributed by atoms with Crippen LogP contribution in [0.5, 0.6) is 0 Å².